The molecule has 1 unspecified atom stereocenters. The number of nitrogens with one attached hydrogen (secondary N) is 1. The minimum atomic E-state index is -0.801. The monoisotopic (exact) mass is 223 g/mol. The van der Waals surface area contributed by atoms with Gasteiger partial charge in [0, 0.05) is 11.8 Å². The van der Waals surface area contributed by atoms with Gasteiger partial charge in [-0.25, -0.2) is 0 Å². The van der Waals surface area contributed by atoms with Gasteiger partial charge in [-0.3, -0.25) is 9.48 Å². The average Bonchev–Trinajstić information content (AvgIpc) is 2.78. The highest BCUT2D eigenvalue weighted by molar-refractivity contribution is 5.75. The summed E-state index contributed by atoms with van der Waals surface area (Å²) >= 11 is 0. The zero-order valence-electron chi connectivity index (χ0n) is 9.39. The first-order chi connectivity index (χ1) is 7.68. The SMILES string of the molecule is CC(C(=O)O)c1cnn(C2CCNCC2)c1. The van der Waals surface area contributed by atoms with Crippen LogP contribution in [0.15, 0.2) is 12.4 Å². The summed E-state index contributed by atoms with van der Waals surface area (Å²) in [7, 11) is 0. The van der Waals surface area contributed by atoms with E-state index in [9.17, 15) is 4.79 Å². The molecule has 5 nitrogen and oxygen atoms in total. The third kappa shape index (κ3) is 2.24. The Morgan fingerprint density at radius 2 is 2.31 bits per heavy atom. The van der Waals surface area contributed by atoms with E-state index in [2.05, 4.69) is 10.4 Å². The minimum absolute atomic E-state index is 0.413. The van der Waals surface area contributed by atoms with Crippen molar-refractivity contribution in [2.24, 2.45) is 0 Å². The van der Waals surface area contributed by atoms with Gasteiger partial charge in [0.25, 0.3) is 0 Å². The Hall–Kier alpha value is -1.36. The van der Waals surface area contributed by atoms with Crippen LogP contribution in [0.2, 0.25) is 0 Å². The number of aromatic nitrogens is 2. The van der Waals surface area contributed by atoms with Gasteiger partial charge in [0.15, 0.2) is 0 Å². The molecule has 0 aliphatic carbocycles. The average molecular weight is 223 g/mol. The van der Waals surface area contributed by atoms with Crippen LogP contribution in [0.5, 0.6) is 0 Å². The van der Waals surface area contributed by atoms with E-state index in [4.69, 9.17) is 5.11 Å². The summed E-state index contributed by atoms with van der Waals surface area (Å²) in [5, 5.41) is 16.5. The van der Waals surface area contributed by atoms with Crippen molar-refractivity contribution in [2.45, 2.75) is 31.7 Å². The molecule has 0 aromatic carbocycles. The fraction of sp³-hybridized carbons (Fsp3) is 0.636. The standard InChI is InChI=1S/C11H17N3O2/c1-8(11(15)16)9-6-13-14(7-9)10-2-4-12-5-3-10/h6-8,10,12H,2-5H2,1H3,(H,15,16). The molecule has 1 fully saturated rings. The van der Waals surface area contributed by atoms with Gasteiger partial charge in [0.2, 0.25) is 0 Å². The highest BCUT2D eigenvalue weighted by Gasteiger charge is 2.19. The van der Waals surface area contributed by atoms with Crippen LogP contribution < -0.4 is 5.32 Å². The molecule has 88 valence electrons. The third-order valence-corrected chi connectivity index (χ3v) is 3.17. The summed E-state index contributed by atoms with van der Waals surface area (Å²) in [6.45, 7) is 3.70. The molecule has 2 N–H and O–H groups in total. The number of piperidine rings is 1. The molecule has 0 radical (unpaired) electrons. The van der Waals surface area contributed by atoms with Crippen LogP contribution in [0.3, 0.4) is 0 Å². The maximum atomic E-state index is 10.8. The highest BCUT2D eigenvalue weighted by Crippen LogP contribution is 2.21. The molecular weight excluding hydrogens is 206 g/mol. The Balaban J connectivity index is 2.09. The van der Waals surface area contributed by atoms with Crippen molar-refractivity contribution < 1.29 is 9.90 Å². The van der Waals surface area contributed by atoms with E-state index in [-0.39, 0.29) is 0 Å². The van der Waals surface area contributed by atoms with Crippen LogP contribution in [0.1, 0.15) is 37.3 Å². The molecule has 2 rings (SSSR count). The van der Waals surface area contributed by atoms with Gasteiger partial charge in [-0.05, 0) is 32.9 Å². The summed E-state index contributed by atoms with van der Waals surface area (Å²) in [4.78, 5) is 10.8. The van der Waals surface area contributed by atoms with Gasteiger partial charge in [0.1, 0.15) is 0 Å². The summed E-state index contributed by atoms with van der Waals surface area (Å²) in [6.07, 6.45) is 5.65. The van der Waals surface area contributed by atoms with Crippen LogP contribution >= 0.6 is 0 Å². The Kier molecular flexibility index (Phi) is 3.24. The lowest BCUT2D eigenvalue weighted by atomic mass is 10.1. The Bertz CT molecular complexity index is 369. The number of carboxylic acids is 1. The van der Waals surface area contributed by atoms with E-state index in [1.165, 1.54) is 0 Å². The number of rotatable bonds is 3. The second kappa shape index (κ2) is 4.65. The largest absolute Gasteiger partial charge is 0.481 e. The molecule has 16 heavy (non-hydrogen) atoms. The summed E-state index contributed by atoms with van der Waals surface area (Å²) in [5.41, 5.74) is 0.783. The van der Waals surface area contributed by atoms with E-state index < -0.39 is 11.9 Å². The first-order valence-corrected chi connectivity index (χ1v) is 5.66. The van der Waals surface area contributed by atoms with E-state index in [1.807, 2.05) is 10.9 Å². The zero-order valence-corrected chi connectivity index (χ0v) is 9.39. The van der Waals surface area contributed by atoms with E-state index in [0.29, 0.717) is 6.04 Å². The van der Waals surface area contributed by atoms with Crippen LogP contribution in [0, 0.1) is 0 Å². The number of hydrogen-bond acceptors (Lipinski definition) is 3. The summed E-state index contributed by atoms with van der Waals surface area (Å²) in [6, 6.07) is 0.413. The molecule has 1 aromatic rings. The predicted molar refractivity (Wildman–Crippen MR) is 59.4 cm³/mol. The lowest BCUT2D eigenvalue weighted by molar-refractivity contribution is -0.138. The molecule has 0 bridgehead atoms. The molecule has 1 atom stereocenters. The first kappa shape index (κ1) is 11.1. The van der Waals surface area contributed by atoms with E-state index >= 15 is 0 Å². The molecule has 0 spiro atoms. The van der Waals surface area contributed by atoms with Gasteiger partial charge in [0.05, 0.1) is 18.2 Å². The minimum Gasteiger partial charge on any atom is -0.481 e. The number of nitrogens with zero attached hydrogens (tertiary/aromatic N) is 2. The third-order valence-electron chi connectivity index (χ3n) is 3.17. The van der Waals surface area contributed by atoms with Crippen molar-refractivity contribution >= 4 is 5.97 Å². The van der Waals surface area contributed by atoms with Crippen molar-refractivity contribution in [1.82, 2.24) is 15.1 Å². The Morgan fingerprint density at radius 3 is 2.94 bits per heavy atom. The van der Waals surface area contributed by atoms with Gasteiger partial charge in [-0.1, -0.05) is 0 Å². The summed E-state index contributed by atoms with van der Waals surface area (Å²) in [5.74, 6) is -1.28. The van der Waals surface area contributed by atoms with Crippen molar-refractivity contribution in [2.75, 3.05) is 13.1 Å². The van der Waals surface area contributed by atoms with Crippen molar-refractivity contribution in [3.63, 3.8) is 0 Å². The summed E-state index contributed by atoms with van der Waals surface area (Å²) < 4.78 is 1.91. The molecule has 1 aliphatic heterocycles. The van der Waals surface area contributed by atoms with Crippen molar-refractivity contribution in [3.05, 3.63) is 18.0 Å². The zero-order chi connectivity index (χ0) is 11.5. The number of carbonyl (C=O) groups is 1. The molecule has 1 aromatic heterocycles. The fourth-order valence-electron chi connectivity index (χ4n) is 1.99. The molecule has 1 saturated heterocycles. The van der Waals surface area contributed by atoms with Gasteiger partial charge in [-0.15, -0.1) is 0 Å². The smallest absolute Gasteiger partial charge is 0.310 e. The van der Waals surface area contributed by atoms with Gasteiger partial charge >= 0.3 is 5.97 Å². The fourth-order valence-corrected chi connectivity index (χ4v) is 1.99. The number of hydrogen-bond donors (Lipinski definition) is 2. The Labute approximate surface area is 94.5 Å². The van der Waals surface area contributed by atoms with Crippen LogP contribution in [0.25, 0.3) is 0 Å². The second-order valence-electron chi connectivity index (χ2n) is 4.29. The van der Waals surface area contributed by atoms with Crippen LogP contribution in [-0.4, -0.2) is 33.9 Å². The van der Waals surface area contributed by atoms with E-state index in [1.54, 1.807) is 13.1 Å². The molecule has 0 amide bonds. The van der Waals surface area contributed by atoms with Gasteiger partial charge in [-0.2, -0.15) is 5.10 Å². The molecular formula is C11H17N3O2. The maximum absolute atomic E-state index is 10.8. The van der Waals surface area contributed by atoms with Crippen molar-refractivity contribution in [1.29, 1.82) is 0 Å². The first-order valence-electron chi connectivity index (χ1n) is 5.66. The topological polar surface area (TPSA) is 67.1 Å². The molecule has 5 heteroatoms. The highest BCUT2D eigenvalue weighted by atomic mass is 16.4. The Morgan fingerprint density at radius 1 is 1.62 bits per heavy atom. The molecule has 2 heterocycles. The maximum Gasteiger partial charge on any atom is 0.310 e. The van der Waals surface area contributed by atoms with Gasteiger partial charge < -0.3 is 10.4 Å². The number of carboxylic acid groups (broad SMARTS) is 1. The van der Waals surface area contributed by atoms with Crippen molar-refractivity contribution in [3.8, 4) is 0 Å². The molecule has 1 aliphatic rings. The molecule has 0 saturated carbocycles. The number of aliphatic carboxylic acids is 1. The normalized spacial score (nSPS) is 19.6. The van der Waals surface area contributed by atoms with E-state index in [0.717, 1.165) is 31.5 Å². The quantitative estimate of drug-likeness (QED) is 0.802. The lowest BCUT2D eigenvalue weighted by Gasteiger charge is -2.22. The van der Waals surface area contributed by atoms with Crippen LogP contribution in [-0.2, 0) is 4.79 Å². The van der Waals surface area contributed by atoms with Crippen LogP contribution in [0.4, 0.5) is 0 Å². The lowest BCUT2D eigenvalue weighted by Crippen LogP contribution is -2.29. The second-order valence-corrected chi connectivity index (χ2v) is 4.29. The predicted octanol–water partition coefficient (Wildman–Crippen LogP) is 0.996.